The number of anilines is 1. The van der Waals surface area contributed by atoms with Gasteiger partial charge in [0.05, 0.1) is 16.4 Å². The Labute approximate surface area is 96.0 Å². The fraction of sp³-hybridized carbons (Fsp3) is 0.364. The van der Waals surface area contributed by atoms with Gasteiger partial charge in [0.1, 0.15) is 0 Å². The lowest BCUT2D eigenvalue weighted by atomic mass is 10.2. The average molecular weight is 238 g/mol. The molecule has 1 aromatic rings. The maximum absolute atomic E-state index is 11.8. The summed E-state index contributed by atoms with van der Waals surface area (Å²) in [6.07, 6.45) is 0. The summed E-state index contributed by atoms with van der Waals surface area (Å²) in [5.74, 6) is 0. The number of hydrogen-bond acceptors (Lipinski definition) is 3. The van der Waals surface area contributed by atoms with Crippen LogP contribution in [-0.4, -0.2) is 13.2 Å². The molecule has 0 fully saturated rings. The highest BCUT2D eigenvalue weighted by Crippen LogP contribution is 2.19. The molecule has 1 aromatic carbocycles. The molecule has 16 heavy (non-hydrogen) atoms. The van der Waals surface area contributed by atoms with Crippen LogP contribution in [0.3, 0.4) is 0 Å². The Hall–Kier alpha value is -1.54. The molecule has 1 N–H and O–H groups in total. The van der Waals surface area contributed by atoms with Gasteiger partial charge < -0.3 is 0 Å². The molecular weight excluding hydrogens is 224 g/mol. The number of nitriles is 1. The van der Waals surface area contributed by atoms with Gasteiger partial charge in [-0.05, 0) is 39.0 Å². The predicted octanol–water partition coefficient (Wildman–Crippen LogP) is 2.10. The van der Waals surface area contributed by atoms with E-state index >= 15 is 0 Å². The van der Waals surface area contributed by atoms with Gasteiger partial charge in [0, 0.05) is 5.69 Å². The summed E-state index contributed by atoms with van der Waals surface area (Å²) in [6, 6.07) is 8.33. The fourth-order valence-corrected chi connectivity index (χ4v) is 1.70. The highest BCUT2D eigenvalue weighted by Gasteiger charge is 2.28. The second-order valence-corrected chi connectivity index (χ2v) is 6.85. The van der Waals surface area contributed by atoms with Crippen molar-refractivity contribution in [3.63, 3.8) is 0 Å². The number of sulfonamides is 1. The summed E-state index contributed by atoms with van der Waals surface area (Å²) < 4.78 is 25.2. The van der Waals surface area contributed by atoms with Crippen molar-refractivity contribution in [1.82, 2.24) is 0 Å². The van der Waals surface area contributed by atoms with Gasteiger partial charge in [-0.1, -0.05) is 6.07 Å². The third-order valence-corrected chi connectivity index (χ3v) is 4.17. The minimum absolute atomic E-state index is 0.411. The Morgan fingerprint density at radius 1 is 1.31 bits per heavy atom. The fourth-order valence-electron chi connectivity index (χ4n) is 0.960. The third-order valence-electron chi connectivity index (χ3n) is 2.05. The van der Waals surface area contributed by atoms with E-state index in [-0.39, 0.29) is 0 Å². The molecule has 0 aliphatic heterocycles. The summed E-state index contributed by atoms with van der Waals surface area (Å²) in [6.45, 7) is 4.84. The molecule has 4 nitrogen and oxygen atoms in total. The van der Waals surface area contributed by atoms with E-state index in [2.05, 4.69) is 4.72 Å². The maximum Gasteiger partial charge on any atom is 0.237 e. The van der Waals surface area contributed by atoms with E-state index in [0.29, 0.717) is 11.3 Å². The molecule has 1 rings (SSSR count). The van der Waals surface area contributed by atoms with Crippen LogP contribution in [0.25, 0.3) is 0 Å². The van der Waals surface area contributed by atoms with Crippen molar-refractivity contribution in [1.29, 1.82) is 5.26 Å². The van der Waals surface area contributed by atoms with Gasteiger partial charge in [0.25, 0.3) is 0 Å². The molecule has 86 valence electrons. The van der Waals surface area contributed by atoms with Crippen LogP contribution in [0.4, 0.5) is 5.69 Å². The minimum Gasteiger partial charge on any atom is -0.283 e. The number of nitrogens with one attached hydrogen (secondary N) is 1. The standard InChI is InChI=1S/C11H14N2O2S/c1-11(2,3)16(14,15)13-10-6-4-5-9(7-10)8-12/h4-7,13H,1-3H3. The lowest BCUT2D eigenvalue weighted by molar-refractivity contribution is 0.566. The molecular formula is C11H14N2O2S. The summed E-state index contributed by atoms with van der Waals surface area (Å²) in [5, 5.41) is 8.69. The van der Waals surface area contributed by atoms with Crippen LogP contribution in [-0.2, 0) is 10.0 Å². The first kappa shape index (κ1) is 12.5. The van der Waals surface area contributed by atoms with Crippen molar-refractivity contribution in [2.75, 3.05) is 4.72 Å². The van der Waals surface area contributed by atoms with Crippen LogP contribution in [0.1, 0.15) is 26.3 Å². The first-order chi connectivity index (χ1) is 7.26. The second kappa shape index (κ2) is 4.14. The molecule has 0 atom stereocenters. The van der Waals surface area contributed by atoms with Crippen LogP contribution in [0, 0.1) is 11.3 Å². The summed E-state index contributed by atoms with van der Waals surface area (Å²) in [7, 11) is -3.44. The van der Waals surface area contributed by atoms with Crippen LogP contribution >= 0.6 is 0 Å². The zero-order chi connectivity index (χ0) is 12.4. The van der Waals surface area contributed by atoms with E-state index in [4.69, 9.17) is 5.26 Å². The number of hydrogen-bond donors (Lipinski definition) is 1. The van der Waals surface area contributed by atoms with E-state index in [1.165, 1.54) is 6.07 Å². The first-order valence-corrected chi connectivity index (χ1v) is 6.27. The molecule has 0 saturated carbocycles. The summed E-state index contributed by atoms with van der Waals surface area (Å²) in [4.78, 5) is 0. The van der Waals surface area contributed by atoms with Gasteiger partial charge in [-0.3, -0.25) is 4.72 Å². The van der Waals surface area contributed by atoms with Crippen molar-refractivity contribution in [2.45, 2.75) is 25.5 Å². The maximum atomic E-state index is 11.8. The van der Waals surface area contributed by atoms with Crippen molar-refractivity contribution < 1.29 is 8.42 Å². The van der Waals surface area contributed by atoms with E-state index in [1.807, 2.05) is 6.07 Å². The van der Waals surface area contributed by atoms with E-state index in [0.717, 1.165) is 0 Å². The molecule has 5 heteroatoms. The summed E-state index contributed by atoms with van der Waals surface area (Å²) >= 11 is 0. The van der Waals surface area contributed by atoms with Gasteiger partial charge in [-0.2, -0.15) is 5.26 Å². The van der Waals surface area contributed by atoms with E-state index < -0.39 is 14.8 Å². The van der Waals surface area contributed by atoms with Crippen molar-refractivity contribution in [3.8, 4) is 6.07 Å². The SMILES string of the molecule is CC(C)(C)S(=O)(=O)Nc1cccc(C#N)c1. The molecule has 0 aliphatic rings. The van der Waals surface area contributed by atoms with Crippen molar-refractivity contribution >= 4 is 15.7 Å². The minimum atomic E-state index is -3.44. The summed E-state index contributed by atoms with van der Waals surface area (Å²) in [5.41, 5.74) is 0.836. The molecule has 0 bridgehead atoms. The highest BCUT2D eigenvalue weighted by atomic mass is 32.2. The molecule has 0 radical (unpaired) electrons. The molecule has 0 aliphatic carbocycles. The van der Waals surface area contributed by atoms with Crippen LogP contribution in [0.5, 0.6) is 0 Å². The number of benzene rings is 1. The number of nitrogens with zero attached hydrogens (tertiary/aromatic N) is 1. The zero-order valence-electron chi connectivity index (χ0n) is 9.48. The largest absolute Gasteiger partial charge is 0.283 e. The van der Waals surface area contributed by atoms with Crippen molar-refractivity contribution in [2.24, 2.45) is 0 Å². The normalized spacial score (nSPS) is 11.9. The quantitative estimate of drug-likeness (QED) is 0.857. The molecule has 0 amide bonds. The topological polar surface area (TPSA) is 70.0 Å². The molecule has 0 aromatic heterocycles. The number of rotatable bonds is 2. The van der Waals surface area contributed by atoms with E-state index in [9.17, 15) is 8.42 Å². The average Bonchev–Trinajstić information content (AvgIpc) is 2.15. The second-order valence-electron chi connectivity index (χ2n) is 4.41. The smallest absolute Gasteiger partial charge is 0.237 e. The van der Waals surface area contributed by atoms with Crippen molar-refractivity contribution in [3.05, 3.63) is 29.8 Å². The van der Waals surface area contributed by atoms with E-state index in [1.54, 1.807) is 39.0 Å². The van der Waals surface area contributed by atoms with Gasteiger partial charge >= 0.3 is 0 Å². The Morgan fingerprint density at radius 2 is 1.94 bits per heavy atom. The Bertz CT molecular complexity index is 522. The Balaban J connectivity index is 3.03. The first-order valence-electron chi connectivity index (χ1n) is 4.79. The van der Waals surface area contributed by atoms with Crippen LogP contribution in [0.2, 0.25) is 0 Å². The Kier molecular flexibility index (Phi) is 3.24. The zero-order valence-corrected chi connectivity index (χ0v) is 10.3. The molecule has 0 unspecified atom stereocenters. The predicted molar refractivity (Wildman–Crippen MR) is 63.5 cm³/mol. The highest BCUT2D eigenvalue weighted by molar-refractivity contribution is 7.94. The van der Waals surface area contributed by atoms with Gasteiger partial charge in [-0.15, -0.1) is 0 Å². The van der Waals surface area contributed by atoms with Gasteiger partial charge in [-0.25, -0.2) is 8.42 Å². The van der Waals surface area contributed by atoms with Crippen LogP contribution < -0.4 is 4.72 Å². The molecule has 0 heterocycles. The lowest BCUT2D eigenvalue weighted by Gasteiger charge is -2.20. The Morgan fingerprint density at radius 3 is 2.44 bits per heavy atom. The van der Waals surface area contributed by atoms with Crippen LogP contribution in [0.15, 0.2) is 24.3 Å². The lowest BCUT2D eigenvalue weighted by Crippen LogP contribution is -2.33. The van der Waals surface area contributed by atoms with Gasteiger partial charge in [0.2, 0.25) is 10.0 Å². The third kappa shape index (κ3) is 2.74. The molecule has 0 spiro atoms. The monoisotopic (exact) mass is 238 g/mol. The van der Waals surface area contributed by atoms with Gasteiger partial charge in [0.15, 0.2) is 0 Å². The molecule has 0 saturated heterocycles.